The van der Waals surface area contributed by atoms with Gasteiger partial charge in [-0.3, -0.25) is 0 Å². The summed E-state index contributed by atoms with van der Waals surface area (Å²) in [6, 6.07) is 4.65. The SMILES string of the molecule is CCC1CCCC(n2nnnc2-c2ccc(F)cc2N)C1. The third kappa shape index (κ3) is 2.75. The fourth-order valence-electron chi connectivity index (χ4n) is 3.21. The van der Waals surface area contributed by atoms with Gasteiger partial charge in [0, 0.05) is 11.3 Å². The van der Waals surface area contributed by atoms with Crippen molar-refractivity contribution in [1.29, 1.82) is 0 Å². The first-order chi connectivity index (χ1) is 10.2. The highest BCUT2D eigenvalue weighted by atomic mass is 19.1. The maximum absolute atomic E-state index is 13.2. The van der Waals surface area contributed by atoms with E-state index in [0.29, 0.717) is 23.1 Å². The molecule has 112 valence electrons. The van der Waals surface area contributed by atoms with Crippen LogP contribution in [0.5, 0.6) is 0 Å². The summed E-state index contributed by atoms with van der Waals surface area (Å²) in [5.74, 6) is 1.01. The van der Waals surface area contributed by atoms with Crippen LogP contribution in [-0.2, 0) is 0 Å². The summed E-state index contributed by atoms with van der Waals surface area (Å²) in [6.45, 7) is 2.23. The van der Waals surface area contributed by atoms with Gasteiger partial charge in [0.15, 0.2) is 5.82 Å². The van der Waals surface area contributed by atoms with Gasteiger partial charge in [-0.15, -0.1) is 5.10 Å². The third-order valence-electron chi connectivity index (χ3n) is 4.43. The second-order valence-electron chi connectivity index (χ2n) is 5.77. The molecule has 21 heavy (non-hydrogen) atoms. The van der Waals surface area contributed by atoms with Gasteiger partial charge in [-0.05, 0) is 47.4 Å². The molecule has 1 aromatic heterocycles. The van der Waals surface area contributed by atoms with Crippen LogP contribution in [0.15, 0.2) is 18.2 Å². The van der Waals surface area contributed by atoms with E-state index in [0.717, 1.165) is 18.8 Å². The fourth-order valence-corrected chi connectivity index (χ4v) is 3.21. The van der Waals surface area contributed by atoms with E-state index in [4.69, 9.17) is 5.73 Å². The standard InChI is InChI=1S/C15H20FN5/c1-2-10-4-3-5-12(8-10)21-15(18-19-20-21)13-7-6-11(16)9-14(13)17/h6-7,9-10,12H,2-5,8,17H2,1H3. The molecule has 0 aliphatic heterocycles. The van der Waals surface area contributed by atoms with Crippen molar-refractivity contribution in [3.8, 4) is 11.4 Å². The van der Waals surface area contributed by atoms with E-state index in [2.05, 4.69) is 22.4 Å². The highest BCUT2D eigenvalue weighted by Gasteiger charge is 2.26. The summed E-state index contributed by atoms with van der Waals surface area (Å²) >= 11 is 0. The first-order valence-corrected chi connectivity index (χ1v) is 7.52. The van der Waals surface area contributed by atoms with Gasteiger partial charge in [0.25, 0.3) is 0 Å². The Bertz CT molecular complexity index is 624. The maximum atomic E-state index is 13.2. The number of anilines is 1. The van der Waals surface area contributed by atoms with Gasteiger partial charge in [-0.2, -0.15) is 0 Å². The molecule has 6 heteroatoms. The van der Waals surface area contributed by atoms with E-state index in [1.54, 1.807) is 6.07 Å². The van der Waals surface area contributed by atoms with Gasteiger partial charge in [0.2, 0.25) is 0 Å². The molecule has 2 unspecified atom stereocenters. The zero-order chi connectivity index (χ0) is 14.8. The van der Waals surface area contributed by atoms with Crippen molar-refractivity contribution in [1.82, 2.24) is 20.2 Å². The Kier molecular flexibility index (Phi) is 3.86. The average Bonchev–Trinajstić information content (AvgIpc) is 2.96. The Morgan fingerprint density at radius 2 is 2.24 bits per heavy atom. The van der Waals surface area contributed by atoms with Gasteiger partial charge in [0.1, 0.15) is 5.82 Å². The molecule has 0 radical (unpaired) electrons. The van der Waals surface area contributed by atoms with E-state index >= 15 is 0 Å². The fraction of sp³-hybridized carbons (Fsp3) is 0.533. The van der Waals surface area contributed by atoms with Crippen molar-refractivity contribution < 1.29 is 4.39 Å². The van der Waals surface area contributed by atoms with Crippen LogP contribution in [0, 0.1) is 11.7 Å². The maximum Gasteiger partial charge on any atom is 0.184 e. The molecule has 1 aliphatic carbocycles. The Morgan fingerprint density at radius 3 is 3.00 bits per heavy atom. The minimum absolute atomic E-state index is 0.304. The van der Waals surface area contributed by atoms with Crippen LogP contribution in [0.3, 0.4) is 0 Å². The molecule has 1 aliphatic rings. The number of nitrogens with two attached hydrogens (primary N) is 1. The van der Waals surface area contributed by atoms with Crippen molar-refractivity contribution in [2.24, 2.45) is 5.92 Å². The number of tetrazole rings is 1. The van der Waals surface area contributed by atoms with Crippen LogP contribution < -0.4 is 5.73 Å². The first-order valence-electron chi connectivity index (χ1n) is 7.52. The molecule has 0 bridgehead atoms. The van der Waals surface area contributed by atoms with Crippen molar-refractivity contribution in [2.45, 2.75) is 45.1 Å². The zero-order valence-corrected chi connectivity index (χ0v) is 12.2. The van der Waals surface area contributed by atoms with E-state index < -0.39 is 0 Å². The lowest BCUT2D eigenvalue weighted by Crippen LogP contribution is -2.21. The molecule has 1 fully saturated rings. The normalized spacial score (nSPS) is 22.4. The van der Waals surface area contributed by atoms with Gasteiger partial charge >= 0.3 is 0 Å². The number of aromatic nitrogens is 4. The van der Waals surface area contributed by atoms with Gasteiger partial charge in [0.05, 0.1) is 6.04 Å². The quantitative estimate of drug-likeness (QED) is 0.881. The molecular formula is C15H20FN5. The molecule has 1 heterocycles. The molecular weight excluding hydrogens is 269 g/mol. The third-order valence-corrected chi connectivity index (χ3v) is 4.43. The lowest BCUT2D eigenvalue weighted by molar-refractivity contribution is 0.246. The van der Waals surface area contributed by atoms with Gasteiger partial charge < -0.3 is 5.73 Å². The molecule has 2 atom stereocenters. The van der Waals surface area contributed by atoms with Crippen LogP contribution in [-0.4, -0.2) is 20.2 Å². The van der Waals surface area contributed by atoms with E-state index in [1.807, 2.05) is 4.68 Å². The summed E-state index contributed by atoms with van der Waals surface area (Å²) in [4.78, 5) is 0. The topological polar surface area (TPSA) is 69.6 Å². The largest absolute Gasteiger partial charge is 0.398 e. The highest BCUT2D eigenvalue weighted by Crippen LogP contribution is 2.36. The summed E-state index contributed by atoms with van der Waals surface area (Å²) in [6.07, 6.45) is 5.84. The predicted molar refractivity (Wildman–Crippen MR) is 78.9 cm³/mol. The summed E-state index contributed by atoms with van der Waals surface area (Å²) in [7, 11) is 0. The van der Waals surface area contributed by atoms with Gasteiger partial charge in [-0.25, -0.2) is 9.07 Å². The van der Waals surface area contributed by atoms with Crippen molar-refractivity contribution in [3.63, 3.8) is 0 Å². The Hall–Kier alpha value is -1.98. The van der Waals surface area contributed by atoms with Crippen LogP contribution in [0.25, 0.3) is 11.4 Å². The second kappa shape index (κ2) is 5.79. The lowest BCUT2D eigenvalue weighted by Gasteiger charge is -2.28. The molecule has 5 nitrogen and oxygen atoms in total. The summed E-state index contributed by atoms with van der Waals surface area (Å²) in [5, 5.41) is 12.1. The zero-order valence-electron chi connectivity index (χ0n) is 12.2. The molecule has 2 N–H and O–H groups in total. The van der Waals surface area contributed by atoms with Crippen molar-refractivity contribution >= 4 is 5.69 Å². The van der Waals surface area contributed by atoms with E-state index in [9.17, 15) is 4.39 Å². The predicted octanol–water partition coefficient (Wildman–Crippen LogP) is 3.20. The molecule has 1 aromatic carbocycles. The van der Waals surface area contributed by atoms with Crippen molar-refractivity contribution in [2.75, 3.05) is 5.73 Å². The number of rotatable bonds is 3. The van der Waals surface area contributed by atoms with Crippen LogP contribution in [0.2, 0.25) is 0 Å². The van der Waals surface area contributed by atoms with Gasteiger partial charge in [-0.1, -0.05) is 26.2 Å². The highest BCUT2D eigenvalue weighted by molar-refractivity contribution is 5.71. The number of nitrogens with zero attached hydrogens (tertiary/aromatic N) is 4. The molecule has 0 spiro atoms. The molecule has 3 rings (SSSR count). The number of hydrogen-bond acceptors (Lipinski definition) is 4. The lowest BCUT2D eigenvalue weighted by atomic mass is 9.84. The molecule has 2 aromatic rings. The molecule has 0 saturated heterocycles. The van der Waals surface area contributed by atoms with E-state index in [1.165, 1.54) is 31.4 Å². The smallest absolute Gasteiger partial charge is 0.184 e. The van der Waals surface area contributed by atoms with E-state index in [-0.39, 0.29) is 5.82 Å². The monoisotopic (exact) mass is 289 g/mol. The minimum Gasteiger partial charge on any atom is -0.398 e. The Labute approximate surface area is 123 Å². The van der Waals surface area contributed by atoms with Crippen molar-refractivity contribution in [3.05, 3.63) is 24.0 Å². The summed E-state index contributed by atoms with van der Waals surface area (Å²) < 4.78 is 15.1. The Balaban J connectivity index is 1.93. The number of benzene rings is 1. The summed E-state index contributed by atoms with van der Waals surface area (Å²) in [5.41, 5.74) is 6.98. The number of nitrogen functional groups attached to an aromatic ring is 1. The number of halogens is 1. The molecule has 0 amide bonds. The first kappa shape index (κ1) is 14.0. The van der Waals surface area contributed by atoms with Crippen LogP contribution in [0.1, 0.15) is 45.1 Å². The average molecular weight is 289 g/mol. The van der Waals surface area contributed by atoms with Crippen LogP contribution >= 0.6 is 0 Å². The Morgan fingerprint density at radius 1 is 1.38 bits per heavy atom. The minimum atomic E-state index is -0.348. The second-order valence-corrected chi connectivity index (χ2v) is 5.77. The van der Waals surface area contributed by atoms with Crippen LogP contribution in [0.4, 0.5) is 10.1 Å². The molecule has 1 saturated carbocycles. The number of hydrogen-bond donors (Lipinski definition) is 1.